The van der Waals surface area contributed by atoms with Gasteiger partial charge in [-0.1, -0.05) is 60.7 Å². The van der Waals surface area contributed by atoms with Crippen LogP contribution in [0.1, 0.15) is 21.5 Å². The van der Waals surface area contributed by atoms with E-state index in [1.807, 2.05) is 60.7 Å². The molecule has 6 nitrogen and oxygen atoms in total. The van der Waals surface area contributed by atoms with E-state index in [1.165, 1.54) is 0 Å². The minimum absolute atomic E-state index is 0.266. The smallest absolute Gasteiger partial charge is 0.266 e. The zero-order valence-corrected chi connectivity index (χ0v) is 15.7. The lowest BCUT2D eigenvalue weighted by Gasteiger charge is -2.17. The molecule has 0 saturated carbocycles. The van der Waals surface area contributed by atoms with Crippen molar-refractivity contribution in [1.29, 1.82) is 0 Å². The zero-order valence-electron chi connectivity index (χ0n) is 15.7. The highest BCUT2D eigenvalue weighted by Crippen LogP contribution is 2.13. The highest BCUT2D eigenvalue weighted by molar-refractivity contribution is 5.97. The Morgan fingerprint density at radius 2 is 1.45 bits per heavy atom. The van der Waals surface area contributed by atoms with Crippen LogP contribution >= 0.6 is 0 Å². The van der Waals surface area contributed by atoms with Crippen LogP contribution in [0, 0.1) is 0 Å². The molecule has 0 radical (unpaired) electrons. The van der Waals surface area contributed by atoms with E-state index >= 15 is 0 Å². The molecule has 0 bridgehead atoms. The van der Waals surface area contributed by atoms with Gasteiger partial charge >= 0.3 is 0 Å². The number of ether oxygens (including phenoxy) is 1. The van der Waals surface area contributed by atoms with Gasteiger partial charge in [0.2, 0.25) is 0 Å². The van der Waals surface area contributed by atoms with Gasteiger partial charge in [0.25, 0.3) is 11.8 Å². The molecule has 0 saturated heterocycles. The van der Waals surface area contributed by atoms with Crippen molar-refractivity contribution in [2.45, 2.75) is 19.1 Å². The number of para-hydroxylation sites is 1. The van der Waals surface area contributed by atoms with Crippen LogP contribution in [0.3, 0.4) is 0 Å². The van der Waals surface area contributed by atoms with E-state index in [9.17, 15) is 9.59 Å². The average Bonchev–Trinajstić information content (AvgIpc) is 2.78. The van der Waals surface area contributed by atoms with Crippen molar-refractivity contribution in [3.05, 3.63) is 102 Å². The molecule has 0 fully saturated rings. The van der Waals surface area contributed by atoms with Gasteiger partial charge in [-0.15, -0.1) is 0 Å². The maximum atomic E-state index is 12.6. The number of nitrogens with one attached hydrogen (secondary N) is 2. The second-order valence-corrected chi connectivity index (χ2v) is 6.49. The number of carbonyl (C=O) groups is 2. The summed E-state index contributed by atoms with van der Waals surface area (Å²) >= 11 is 0. The van der Waals surface area contributed by atoms with Gasteiger partial charge in [0.05, 0.1) is 0 Å². The predicted molar refractivity (Wildman–Crippen MR) is 109 cm³/mol. The first kappa shape index (κ1) is 20.1. The van der Waals surface area contributed by atoms with Crippen molar-refractivity contribution in [3.63, 3.8) is 0 Å². The third-order valence-electron chi connectivity index (χ3n) is 4.38. The molecule has 1 atom stereocenters. The molecule has 3 rings (SSSR count). The fraction of sp³-hybridized carbons (Fsp3) is 0.130. The predicted octanol–water partition coefficient (Wildman–Crippen LogP) is 3.11. The van der Waals surface area contributed by atoms with E-state index < -0.39 is 17.9 Å². The zero-order chi connectivity index (χ0) is 20.5. The van der Waals surface area contributed by atoms with E-state index in [-0.39, 0.29) is 6.42 Å². The first-order chi connectivity index (χ1) is 14.2. The summed E-state index contributed by atoms with van der Waals surface area (Å²) in [4.78, 5) is 24.5. The van der Waals surface area contributed by atoms with Gasteiger partial charge < -0.3 is 10.1 Å². The molecule has 3 N–H and O–H groups in total. The minimum Gasteiger partial charge on any atom is -0.489 e. The van der Waals surface area contributed by atoms with Gasteiger partial charge in [-0.05, 0) is 35.4 Å². The molecule has 3 aromatic rings. The van der Waals surface area contributed by atoms with E-state index in [2.05, 4.69) is 5.32 Å². The van der Waals surface area contributed by atoms with Gasteiger partial charge in [0.1, 0.15) is 18.4 Å². The molecule has 0 aromatic heterocycles. The van der Waals surface area contributed by atoms with Gasteiger partial charge in [0, 0.05) is 12.0 Å². The molecule has 0 heterocycles. The number of benzene rings is 3. The number of amides is 2. The van der Waals surface area contributed by atoms with Gasteiger partial charge in [-0.3, -0.25) is 14.8 Å². The number of rotatable bonds is 8. The first-order valence-electron chi connectivity index (χ1n) is 9.21. The summed E-state index contributed by atoms with van der Waals surface area (Å²) in [6.45, 7) is 0.384. The largest absolute Gasteiger partial charge is 0.489 e. The Labute approximate surface area is 169 Å². The van der Waals surface area contributed by atoms with E-state index in [0.29, 0.717) is 12.2 Å². The lowest BCUT2D eigenvalue weighted by Crippen LogP contribution is -2.47. The van der Waals surface area contributed by atoms with Crippen LogP contribution in [0.5, 0.6) is 5.75 Å². The SMILES string of the molecule is O=C(N[C@@H](Cc1ccccc1)C(=O)NO)c1ccc(COc2ccccc2)cc1. The summed E-state index contributed by atoms with van der Waals surface area (Å²) in [7, 11) is 0. The second-order valence-electron chi connectivity index (χ2n) is 6.49. The Hall–Kier alpha value is -3.64. The second kappa shape index (κ2) is 10.1. The number of hydroxylamine groups is 1. The summed E-state index contributed by atoms with van der Waals surface area (Å²) in [6, 6.07) is 24.8. The van der Waals surface area contributed by atoms with Crippen LogP contribution in [0.25, 0.3) is 0 Å². The molecule has 0 unspecified atom stereocenters. The molecular formula is C23H22N2O4. The molecule has 6 heteroatoms. The maximum Gasteiger partial charge on any atom is 0.266 e. The standard InChI is InChI=1S/C23H22N2O4/c26-22(24-21(23(27)25-28)15-17-7-3-1-4-8-17)19-13-11-18(12-14-19)16-29-20-9-5-2-6-10-20/h1-14,21,28H,15-16H2,(H,24,26)(H,25,27)/t21-/m0/s1. The molecule has 148 valence electrons. The van der Waals surface area contributed by atoms with Crippen molar-refractivity contribution in [2.75, 3.05) is 0 Å². The Bertz CT molecular complexity index is 928. The fourth-order valence-corrected chi connectivity index (χ4v) is 2.81. The monoisotopic (exact) mass is 390 g/mol. The number of hydrogen-bond acceptors (Lipinski definition) is 4. The minimum atomic E-state index is -0.893. The molecule has 3 aromatic carbocycles. The van der Waals surface area contributed by atoms with Crippen LogP contribution < -0.4 is 15.5 Å². The van der Waals surface area contributed by atoms with Gasteiger partial charge in [-0.2, -0.15) is 0 Å². The molecule has 0 aliphatic heterocycles. The summed E-state index contributed by atoms with van der Waals surface area (Å²) in [5.41, 5.74) is 3.81. The van der Waals surface area contributed by atoms with E-state index in [0.717, 1.165) is 16.9 Å². The normalized spacial score (nSPS) is 11.3. The summed E-state index contributed by atoms with van der Waals surface area (Å²) in [5.74, 6) is -0.298. The van der Waals surface area contributed by atoms with E-state index in [4.69, 9.17) is 9.94 Å². The van der Waals surface area contributed by atoms with Crippen LogP contribution in [0.4, 0.5) is 0 Å². The van der Waals surface area contributed by atoms with Gasteiger partial charge in [-0.25, -0.2) is 5.48 Å². The molecular weight excluding hydrogens is 368 g/mol. The van der Waals surface area contributed by atoms with Crippen molar-refractivity contribution in [2.24, 2.45) is 0 Å². The summed E-state index contributed by atoms with van der Waals surface area (Å²) < 4.78 is 5.69. The Kier molecular flexibility index (Phi) is 6.97. The summed E-state index contributed by atoms with van der Waals surface area (Å²) in [6.07, 6.45) is 0.266. The number of carbonyl (C=O) groups excluding carboxylic acids is 2. The fourth-order valence-electron chi connectivity index (χ4n) is 2.81. The van der Waals surface area contributed by atoms with Crippen molar-refractivity contribution in [1.82, 2.24) is 10.8 Å². The highest BCUT2D eigenvalue weighted by atomic mass is 16.5. The molecule has 0 spiro atoms. The van der Waals surface area contributed by atoms with Crippen LogP contribution in [-0.4, -0.2) is 23.1 Å². The first-order valence-corrected chi connectivity index (χ1v) is 9.21. The topological polar surface area (TPSA) is 87.7 Å². The lowest BCUT2D eigenvalue weighted by molar-refractivity contribution is -0.131. The van der Waals surface area contributed by atoms with Crippen molar-refractivity contribution >= 4 is 11.8 Å². The third-order valence-corrected chi connectivity index (χ3v) is 4.38. The molecule has 0 aliphatic rings. The Morgan fingerprint density at radius 3 is 2.07 bits per heavy atom. The molecule has 0 aliphatic carbocycles. The quantitative estimate of drug-likeness (QED) is 0.407. The third kappa shape index (κ3) is 5.92. The van der Waals surface area contributed by atoms with Crippen LogP contribution in [0.15, 0.2) is 84.9 Å². The Morgan fingerprint density at radius 1 is 0.828 bits per heavy atom. The van der Waals surface area contributed by atoms with Crippen LogP contribution in [0.2, 0.25) is 0 Å². The lowest BCUT2D eigenvalue weighted by atomic mass is 10.0. The van der Waals surface area contributed by atoms with Crippen molar-refractivity contribution < 1.29 is 19.5 Å². The average molecular weight is 390 g/mol. The van der Waals surface area contributed by atoms with E-state index in [1.54, 1.807) is 29.7 Å². The maximum absolute atomic E-state index is 12.6. The Balaban J connectivity index is 1.61. The number of hydrogen-bond donors (Lipinski definition) is 3. The molecule has 2 amide bonds. The van der Waals surface area contributed by atoms with Gasteiger partial charge in [0.15, 0.2) is 0 Å². The molecule has 29 heavy (non-hydrogen) atoms. The van der Waals surface area contributed by atoms with Crippen LogP contribution in [-0.2, 0) is 17.8 Å². The summed E-state index contributed by atoms with van der Waals surface area (Å²) in [5, 5.41) is 11.7. The highest BCUT2D eigenvalue weighted by Gasteiger charge is 2.21. The van der Waals surface area contributed by atoms with Crippen molar-refractivity contribution in [3.8, 4) is 5.75 Å².